The van der Waals surface area contributed by atoms with Crippen LogP contribution in [-0.4, -0.2) is 54.1 Å². The smallest absolute Gasteiger partial charge is 0.243 e. The first-order valence-electron chi connectivity index (χ1n) is 6.48. The van der Waals surface area contributed by atoms with Crippen LogP contribution < -0.4 is 10.6 Å². The lowest BCUT2D eigenvalue weighted by atomic mass is 10.3. The monoisotopic (exact) mass is 287 g/mol. The lowest BCUT2D eigenvalue weighted by Crippen LogP contribution is -2.47. The summed E-state index contributed by atoms with van der Waals surface area (Å²) in [5.74, 6) is -0.285. The molecule has 0 saturated carbocycles. The minimum Gasteiger partial charge on any atom is -0.354 e. The van der Waals surface area contributed by atoms with Gasteiger partial charge in [0.05, 0.1) is 0 Å². The van der Waals surface area contributed by atoms with Gasteiger partial charge in [0.2, 0.25) is 17.7 Å². The van der Waals surface area contributed by atoms with Crippen LogP contribution >= 0.6 is 12.6 Å². The van der Waals surface area contributed by atoms with Gasteiger partial charge < -0.3 is 15.5 Å². The molecule has 1 saturated heterocycles. The molecule has 108 valence electrons. The Balaban J connectivity index is 2.25. The van der Waals surface area contributed by atoms with E-state index in [0.717, 1.165) is 25.9 Å². The van der Waals surface area contributed by atoms with Crippen molar-refractivity contribution in [2.24, 2.45) is 0 Å². The highest BCUT2D eigenvalue weighted by Gasteiger charge is 2.19. The Hall–Kier alpha value is -1.24. The number of carbonyl (C=O) groups excluding carboxylic acids is 3. The van der Waals surface area contributed by atoms with Gasteiger partial charge in [-0.05, 0) is 12.8 Å². The van der Waals surface area contributed by atoms with E-state index in [2.05, 4.69) is 23.3 Å². The van der Waals surface area contributed by atoms with Gasteiger partial charge in [0.15, 0.2) is 0 Å². The van der Waals surface area contributed by atoms with Crippen LogP contribution in [0.3, 0.4) is 0 Å². The average molecular weight is 287 g/mol. The lowest BCUT2D eigenvalue weighted by Gasteiger charge is -2.17. The van der Waals surface area contributed by atoms with Crippen LogP contribution in [0.4, 0.5) is 0 Å². The van der Waals surface area contributed by atoms with Crippen LogP contribution in [0.2, 0.25) is 0 Å². The topological polar surface area (TPSA) is 78.5 Å². The Labute approximate surface area is 118 Å². The maximum absolute atomic E-state index is 11.7. The first-order valence-corrected chi connectivity index (χ1v) is 7.11. The van der Waals surface area contributed by atoms with Gasteiger partial charge in [0.1, 0.15) is 6.04 Å². The van der Waals surface area contributed by atoms with Crippen LogP contribution in [0.25, 0.3) is 0 Å². The molecule has 0 aromatic carbocycles. The van der Waals surface area contributed by atoms with Crippen molar-refractivity contribution in [3.05, 3.63) is 0 Å². The number of hydrogen-bond donors (Lipinski definition) is 3. The summed E-state index contributed by atoms with van der Waals surface area (Å²) >= 11 is 4.01. The van der Waals surface area contributed by atoms with E-state index in [1.54, 1.807) is 0 Å². The summed E-state index contributed by atoms with van der Waals surface area (Å²) in [6.07, 6.45) is 2.41. The lowest BCUT2D eigenvalue weighted by molar-refractivity contribution is -0.130. The molecule has 0 aliphatic carbocycles. The van der Waals surface area contributed by atoms with E-state index in [9.17, 15) is 14.4 Å². The molecule has 0 aromatic heterocycles. The van der Waals surface area contributed by atoms with Crippen LogP contribution in [0, 0.1) is 0 Å². The third kappa shape index (κ3) is 5.50. The number of rotatable bonds is 6. The molecule has 1 aliphatic heterocycles. The van der Waals surface area contributed by atoms with Gasteiger partial charge in [-0.15, -0.1) is 0 Å². The summed E-state index contributed by atoms with van der Waals surface area (Å²) in [5, 5.41) is 5.14. The summed E-state index contributed by atoms with van der Waals surface area (Å²) < 4.78 is 0. The van der Waals surface area contributed by atoms with Crippen molar-refractivity contribution in [2.45, 2.75) is 32.2 Å². The Morgan fingerprint density at radius 2 is 1.89 bits per heavy atom. The molecule has 0 spiro atoms. The van der Waals surface area contributed by atoms with E-state index in [1.807, 2.05) is 4.90 Å². The molecule has 6 nitrogen and oxygen atoms in total. The van der Waals surface area contributed by atoms with Crippen molar-refractivity contribution in [1.82, 2.24) is 15.5 Å². The fraction of sp³-hybridized carbons (Fsp3) is 0.750. The SMILES string of the molecule is CC(=O)NC(CS)C(=O)NCCC(=O)N1CCCC1. The zero-order valence-corrected chi connectivity index (χ0v) is 12.0. The summed E-state index contributed by atoms with van der Waals surface area (Å²) in [7, 11) is 0. The quantitative estimate of drug-likeness (QED) is 0.579. The minimum absolute atomic E-state index is 0.0692. The van der Waals surface area contributed by atoms with E-state index in [4.69, 9.17) is 0 Å². The predicted octanol–water partition coefficient (Wildman–Crippen LogP) is -0.450. The van der Waals surface area contributed by atoms with Crippen LogP contribution in [-0.2, 0) is 14.4 Å². The first-order chi connectivity index (χ1) is 9.04. The second kappa shape index (κ2) is 8.04. The molecular formula is C12H21N3O3S. The van der Waals surface area contributed by atoms with Crippen molar-refractivity contribution < 1.29 is 14.4 Å². The number of nitrogens with zero attached hydrogens (tertiary/aromatic N) is 1. The predicted molar refractivity (Wildman–Crippen MR) is 74.9 cm³/mol. The van der Waals surface area contributed by atoms with Gasteiger partial charge >= 0.3 is 0 Å². The average Bonchev–Trinajstić information content (AvgIpc) is 2.89. The van der Waals surface area contributed by atoms with Crippen molar-refractivity contribution in [3.63, 3.8) is 0 Å². The van der Waals surface area contributed by atoms with Gasteiger partial charge in [0, 0.05) is 38.7 Å². The van der Waals surface area contributed by atoms with Gasteiger partial charge in [0.25, 0.3) is 0 Å². The van der Waals surface area contributed by atoms with Gasteiger partial charge in [-0.1, -0.05) is 0 Å². The molecule has 0 aromatic rings. The standard InChI is InChI=1S/C12H21N3O3S/c1-9(16)14-10(8-19)12(18)13-5-4-11(17)15-6-2-3-7-15/h10,19H,2-8H2,1H3,(H,13,18)(H,14,16). The number of thiol groups is 1. The Bertz CT molecular complexity index is 343. The zero-order chi connectivity index (χ0) is 14.3. The molecule has 0 bridgehead atoms. The van der Waals surface area contributed by atoms with E-state index >= 15 is 0 Å². The highest BCUT2D eigenvalue weighted by Crippen LogP contribution is 2.08. The number of hydrogen-bond acceptors (Lipinski definition) is 4. The Morgan fingerprint density at radius 3 is 2.42 bits per heavy atom. The number of likely N-dealkylation sites (tertiary alicyclic amines) is 1. The molecule has 2 N–H and O–H groups in total. The fourth-order valence-corrected chi connectivity index (χ4v) is 2.24. The Morgan fingerprint density at radius 1 is 1.26 bits per heavy atom. The summed E-state index contributed by atoms with van der Waals surface area (Å²) in [5.41, 5.74) is 0. The largest absolute Gasteiger partial charge is 0.354 e. The maximum Gasteiger partial charge on any atom is 0.243 e. The van der Waals surface area contributed by atoms with E-state index in [-0.39, 0.29) is 30.0 Å². The number of nitrogens with one attached hydrogen (secondary N) is 2. The normalized spacial score (nSPS) is 16.0. The third-order valence-corrected chi connectivity index (χ3v) is 3.34. The molecule has 3 amide bonds. The minimum atomic E-state index is -0.650. The third-order valence-electron chi connectivity index (χ3n) is 2.97. The maximum atomic E-state index is 11.7. The van der Waals surface area contributed by atoms with E-state index in [0.29, 0.717) is 6.42 Å². The highest BCUT2D eigenvalue weighted by atomic mass is 32.1. The van der Waals surface area contributed by atoms with Crippen molar-refractivity contribution in [1.29, 1.82) is 0 Å². The molecule has 1 atom stereocenters. The summed E-state index contributed by atoms with van der Waals surface area (Å²) in [4.78, 5) is 36.1. The van der Waals surface area contributed by atoms with Crippen molar-refractivity contribution >= 4 is 30.4 Å². The second-order valence-corrected chi connectivity index (χ2v) is 4.93. The molecule has 1 heterocycles. The van der Waals surface area contributed by atoms with Crippen LogP contribution in [0.1, 0.15) is 26.2 Å². The van der Waals surface area contributed by atoms with Crippen LogP contribution in [0.15, 0.2) is 0 Å². The zero-order valence-electron chi connectivity index (χ0n) is 11.1. The molecule has 1 unspecified atom stereocenters. The van der Waals surface area contributed by atoms with Crippen molar-refractivity contribution in [3.8, 4) is 0 Å². The molecule has 1 aliphatic rings. The summed E-state index contributed by atoms with van der Waals surface area (Å²) in [6, 6.07) is -0.650. The molecule has 19 heavy (non-hydrogen) atoms. The number of carbonyl (C=O) groups is 3. The summed E-state index contributed by atoms with van der Waals surface area (Å²) in [6.45, 7) is 3.27. The van der Waals surface area contributed by atoms with Gasteiger partial charge in [-0.3, -0.25) is 14.4 Å². The molecular weight excluding hydrogens is 266 g/mol. The van der Waals surface area contributed by atoms with E-state index < -0.39 is 6.04 Å². The molecule has 1 fully saturated rings. The molecule has 1 rings (SSSR count). The van der Waals surface area contributed by atoms with Crippen molar-refractivity contribution in [2.75, 3.05) is 25.4 Å². The highest BCUT2D eigenvalue weighted by molar-refractivity contribution is 7.80. The molecule has 7 heteroatoms. The number of amides is 3. The van der Waals surface area contributed by atoms with E-state index in [1.165, 1.54) is 6.92 Å². The fourth-order valence-electron chi connectivity index (χ4n) is 1.98. The molecule has 0 radical (unpaired) electrons. The second-order valence-electron chi connectivity index (χ2n) is 4.56. The van der Waals surface area contributed by atoms with Gasteiger partial charge in [-0.25, -0.2) is 0 Å². The van der Waals surface area contributed by atoms with Gasteiger partial charge in [-0.2, -0.15) is 12.6 Å². The first kappa shape index (κ1) is 15.8. The Kier molecular flexibility index (Phi) is 6.69. The van der Waals surface area contributed by atoms with Crippen LogP contribution in [0.5, 0.6) is 0 Å².